The number of rotatable bonds is 5. The highest BCUT2D eigenvalue weighted by Gasteiger charge is 2.25. The molecular formula is C25H26F2N6OS. The zero-order valence-electron chi connectivity index (χ0n) is 19.3. The highest BCUT2D eigenvalue weighted by Crippen LogP contribution is 2.37. The number of aromatic nitrogens is 3. The largest absolute Gasteiger partial charge is 0.390 e. The molecule has 0 radical (unpaired) electrons. The molecule has 1 aliphatic rings. The van der Waals surface area contributed by atoms with Crippen LogP contribution >= 0.6 is 11.3 Å². The number of anilines is 2. The molecule has 35 heavy (non-hydrogen) atoms. The predicted octanol–water partition coefficient (Wildman–Crippen LogP) is 4.30. The maximum atomic E-state index is 14.3. The Labute approximate surface area is 205 Å². The fraction of sp³-hybridized carbons (Fsp3) is 0.320. The molecule has 0 aliphatic carbocycles. The summed E-state index contributed by atoms with van der Waals surface area (Å²) in [5, 5.41) is 4.73. The highest BCUT2D eigenvalue weighted by molar-refractivity contribution is 7.23. The first-order valence-electron chi connectivity index (χ1n) is 11.5. The average molecular weight is 497 g/mol. The maximum Gasteiger partial charge on any atom is 0.172 e. The zero-order valence-corrected chi connectivity index (χ0v) is 20.1. The van der Waals surface area contributed by atoms with E-state index in [1.165, 1.54) is 35.7 Å². The molecule has 7 nitrogen and oxygen atoms in total. The lowest BCUT2D eigenvalue weighted by atomic mass is 10.0. The Morgan fingerprint density at radius 3 is 2.74 bits per heavy atom. The van der Waals surface area contributed by atoms with Crippen LogP contribution in [0.3, 0.4) is 0 Å². The van der Waals surface area contributed by atoms with Gasteiger partial charge >= 0.3 is 0 Å². The van der Waals surface area contributed by atoms with Crippen molar-refractivity contribution >= 4 is 38.2 Å². The minimum atomic E-state index is -0.675. The second-order valence-electron chi connectivity index (χ2n) is 8.90. The van der Waals surface area contributed by atoms with Gasteiger partial charge in [-0.05, 0) is 37.5 Å². The number of hydrogen-bond acceptors (Lipinski definition) is 7. The van der Waals surface area contributed by atoms with Crippen molar-refractivity contribution in [3.8, 4) is 11.1 Å². The summed E-state index contributed by atoms with van der Waals surface area (Å²) < 4.78 is 30.9. The van der Waals surface area contributed by atoms with Crippen molar-refractivity contribution in [1.29, 1.82) is 0 Å². The Kier molecular flexibility index (Phi) is 6.24. The standard InChI is InChI=1S/C25H26F2N6OS/c1-32-25(33-8-3-4-16(28)7-9-33)15(13-31-32)10-19(34)22-23-20(35-24(22)29)11-14(12-30-23)21-17(26)5-2-6-18(21)27/h2,5-6,11-13,16H,3-4,7-10,28-29H2,1H3. The Morgan fingerprint density at radius 2 is 1.97 bits per heavy atom. The summed E-state index contributed by atoms with van der Waals surface area (Å²) in [6.45, 7) is 1.66. The molecule has 1 atom stereocenters. The minimum absolute atomic E-state index is 0.118. The molecule has 1 fully saturated rings. The van der Waals surface area contributed by atoms with E-state index in [1.54, 1.807) is 16.9 Å². The van der Waals surface area contributed by atoms with E-state index in [0.29, 0.717) is 26.3 Å². The third kappa shape index (κ3) is 4.39. The topological polar surface area (TPSA) is 103 Å². The van der Waals surface area contributed by atoms with E-state index in [-0.39, 0.29) is 23.8 Å². The monoisotopic (exact) mass is 496 g/mol. The number of carbonyl (C=O) groups excluding carboxylic acids is 1. The van der Waals surface area contributed by atoms with Gasteiger partial charge in [0.05, 0.1) is 32.5 Å². The van der Waals surface area contributed by atoms with E-state index in [4.69, 9.17) is 11.5 Å². The molecule has 0 bridgehead atoms. The Balaban J connectivity index is 1.46. The van der Waals surface area contributed by atoms with Crippen molar-refractivity contribution in [2.45, 2.75) is 31.7 Å². The quantitative estimate of drug-likeness (QED) is 0.400. The van der Waals surface area contributed by atoms with Crippen LogP contribution < -0.4 is 16.4 Å². The highest BCUT2D eigenvalue weighted by atomic mass is 32.1. The molecule has 1 saturated heterocycles. The molecule has 4 heterocycles. The smallest absolute Gasteiger partial charge is 0.172 e. The van der Waals surface area contributed by atoms with Crippen LogP contribution in [0.2, 0.25) is 0 Å². The molecule has 1 unspecified atom stereocenters. The molecular weight excluding hydrogens is 470 g/mol. The SMILES string of the molecule is Cn1ncc(CC(=O)c2c(N)sc3cc(-c4c(F)cccc4F)cnc23)c1N1CCCC(N)CC1. The lowest BCUT2D eigenvalue weighted by molar-refractivity contribution is 0.0995. The first-order chi connectivity index (χ1) is 16.8. The zero-order chi connectivity index (χ0) is 24.7. The van der Waals surface area contributed by atoms with Gasteiger partial charge in [-0.25, -0.2) is 8.78 Å². The molecule has 3 aromatic heterocycles. The summed E-state index contributed by atoms with van der Waals surface area (Å²) in [5.41, 5.74) is 14.1. The number of nitrogens with zero attached hydrogens (tertiary/aromatic N) is 4. The van der Waals surface area contributed by atoms with E-state index in [0.717, 1.165) is 43.7 Å². The average Bonchev–Trinajstić information content (AvgIpc) is 3.25. The summed E-state index contributed by atoms with van der Waals surface area (Å²) in [5.74, 6) is -0.612. The predicted molar refractivity (Wildman–Crippen MR) is 135 cm³/mol. The molecule has 182 valence electrons. The second kappa shape index (κ2) is 9.35. The fourth-order valence-corrected chi connectivity index (χ4v) is 5.77. The molecule has 10 heteroatoms. The number of nitrogen functional groups attached to an aromatic ring is 1. The van der Waals surface area contributed by atoms with Crippen LogP contribution in [0.1, 0.15) is 35.2 Å². The van der Waals surface area contributed by atoms with Gasteiger partial charge in [0.1, 0.15) is 17.5 Å². The molecule has 1 aliphatic heterocycles. The number of carbonyl (C=O) groups is 1. The second-order valence-corrected chi connectivity index (χ2v) is 9.99. The summed E-state index contributed by atoms with van der Waals surface area (Å²) in [4.78, 5) is 20.1. The van der Waals surface area contributed by atoms with Crippen molar-refractivity contribution < 1.29 is 13.6 Å². The van der Waals surface area contributed by atoms with Crippen molar-refractivity contribution in [1.82, 2.24) is 14.8 Å². The molecule has 4 N–H and O–H groups in total. The number of aryl methyl sites for hydroxylation is 1. The summed E-state index contributed by atoms with van der Waals surface area (Å²) >= 11 is 1.18. The van der Waals surface area contributed by atoms with E-state index >= 15 is 0 Å². The van der Waals surface area contributed by atoms with E-state index in [9.17, 15) is 13.6 Å². The van der Waals surface area contributed by atoms with Crippen molar-refractivity contribution in [2.75, 3.05) is 23.7 Å². The number of pyridine rings is 1. The molecule has 0 amide bonds. The Morgan fingerprint density at radius 1 is 1.20 bits per heavy atom. The van der Waals surface area contributed by atoms with Gasteiger partial charge in [0.25, 0.3) is 0 Å². The number of thiophene rings is 1. The Hall–Kier alpha value is -3.37. The van der Waals surface area contributed by atoms with E-state index < -0.39 is 11.6 Å². The normalized spacial score (nSPS) is 16.6. The number of hydrogen-bond donors (Lipinski definition) is 2. The Bertz CT molecular complexity index is 1390. The van der Waals surface area contributed by atoms with Crippen molar-refractivity contribution in [2.24, 2.45) is 12.8 Å². The van der Waals surface area contributed by atoms with Crippen LogP contribution in [0.25, 0.3) is 21.3 Å². The summed E-state index contributed by atoms with van der Waals surface area (Å²) in [7, 11) is 1.87. The van der Waals surface area contributed by atoms with Crippen LogP contribution in [0.15, 0.2) is 36.7 Å². The van der Waals surface area contributed by atoms with Gasteiger partial charge in [-0.3, -0.25) is 14.5 Å². The van der Waals surface area contributed by atoms with Gasteiger partial charge in [-0.15, -0.1) is 11.3 Å². The molecule has 1 aromatic carbocycles. The third-order valence-corrected chi connectivity index (χ3v) is 7.45. The van der Waals surface area contributed by atoms with Crippen molar-refractivity contribution in [3.63, 3.8) is 0 Å². The number of halogens is 2. The van der Waals surface area contributed by atoms with Gasteiger partial charge in [0, 0.05) is 49.9 Å². The molecule has 0 saturated carbocycles. The first-order valence-corrected chi connectivity index (χ1v) is 12.3. The molecule has 5 rings (SSSR count). The fourth-order valence-electron chi connectivity index (χ4n) is 4.78. The van der Waals surface area contributed by atoms with Crippen LogP contribution in [-0.2, 0) is 13.5 Å². The lowest BCUT2D eigenvalue weighted by Gasteiger charge is -2.24. The third-order valence-electron chi connectivity index (χ3n) is 6.49. The number of benzene rings is 1. The lowest BCUT2D eigenvalue weighted by Crippen LogP contribution is -2.29. The summed E-state index contributed by atoms with van der Waals surface area (Å²) in [6, 6.07) is 5.52. The van der Waals surface area contributed by atoms with Gasteiger partial charge in [0.15, 0.2) is 5.78 Å². The van der Waals surface area contributed by atoms with Gasteiger partial charge in [0.2, 0.25) is 0 Å². The van der Waals surface area contributed by atoms with Gasteiger partial charge in [-0.1, -0.05) is 6.07 Å². The van der Waals surface area contributed by atoms with Crippen LogP contribution in [0, 0.1) is 11.6 Å². The van der Waals surface area contributed by atoms with Gasteiger partial charge in [-0.2, -0.15) is 5.10 Å². The number of nitrogens with two attached hydrogens (primary N) is 2. The number of fused-ring (bicyclic) bond motifs is 1. The van der Waals surface area contributed by atoms with Crippen LogP contribution in [-0.4, -0.2) is 39.7 Å². The van der Waals surface area contributed by atoms with Crippen LogP contribution in [0.5, 0.6) is 0 Å². The van der Waals surface area contributed by atoms with Crippen LogP contribution in [0.4, 0.5) is 19.6 Å². The number of ketones is 1. The maximum absolute atomic E-state index is 14.3. The first kappa shape index (κ1) is 23.4. The van der Waals surface area contributed by atoms with E-state index in [2.05, 4.69) is 15.0 Å². The van der Waals surface area contributed by atoms with Gasteiger partial charge < -0.3 is 16.4 Å². The molecule has 4 aromatic rings. The number of Topliss-reactive ketones (excluding diaryl/α,β-unsaturated/α-hetero) is 1. The van der Waals surface area contributed by atoms with Crippen molar-refractivity contribution in [3.05, 3.63) is 59.4 Å². The molecule has 0 spiro atoms. The minimum Gasteiger partial charge on any atom is -0.390 e. The van der Waals surface area contributed by atoms with E-state index in [1.807, 2.05) is 7.05 Å². The summed E-state index contributed by atoms with van der Waals surface area (Å²) in [6.07, 6.45) is 6.06.